The summed E-state index contributed by atoms with van der Waals surface area (Å²) in [6, 6.07) is 2.74. The van der Waals surface area contributed by atoms with E-state index in [2.05, 4.69) is 0 Å². The van der Waals surface area contributed by atoms with Crippen molar-refractivity contribution in [1.82, 2.24) is 4.90 Å². The summed E-state index contributed by atoms with van der Waals surface area (Å²) in [5, 5.41) is 9.48. The molecule has 1 aromatic carbocycles. The van der Waals surface area contributed by atoms with Crippen molar-refractivity contribution in [3.05, 3.63) is 35.4 Å². The number of aliphatic carboxylic acids is 1. The highest BCUT2D eigenvalue weighted by atomic mass is 19.1. The highest BCUT2D eigenvalue weighted by Crippen LogP contribution is 2.43. The second kappa shape index (κ2) is 6.98. The van der Waals surface area contributed by atoms with Gasteiger partial charge >= 0.3 is 12.1 Å². The molecule has 1 saturated carbocycles. The van der Waals surface area contributed by atoms with Gasteiger partial charge in [-0.15, -0.1) is 0 Å². The molecule has 5 nitrogen and oxygen atoms in total. The number of hydrogen-bond acceptors (Lipinski definition) is 3. The van der Waals surface area contributed by atoms with Crippen molar-refractivity contribution in [2.75, 3.05) is 7.05 Å². The largest absolute Gasteiger partial charge is 0.481 e. The second-order valence-electron chi connectivity index (χ2n) is 7.43. The number of carboxylic acid groups (broad SMARTS) is 1. The number of carbonyl (C=O) groups is 2. The Balaban J connectivity index is 2.22. The van der Waals surface area contributed by atoms with E-state index in [0.717, 1.165) is 12.1 Å². The van der Waals surface area contributed by atoms with E-state index in [4.69, 9.17) is 4.74 Å². The summed E-state index contributed by atoms with van der Waals surface area (Å²) >= 11 is 0. The van der Waals surface area contributed by atoms with Gasteiger partial charge in [0.2, 0.25) is 0 Å². The van der Waals surface area contributed by atoms with E-state index in [1.807, 2.05) is 0 Å². The Morgan fingerprint density at radius 1 is 1.24 bits per heavy atom. The van der Waals surface area contributed by atoms with Gasteiger partial charge in [0.05, 0.1) is 5.92 Å². The van der Waals surface area contributed by atoms with Crippen molar-refractivity contribution in [1.29, 1.82) is 0 Å². The predicted molar refractivity (Wildman–Crippen MR) is 87.2 cm³/mol. The molecule has 0 radical (unpaired) electrons. The molecule has 0 heterocycles. The second-order valence-corrected chi connectivity index (χ2v) is 7.43. The molecule has 1 aliphatic carbocycles. The fourth-order valence-electron chi connectivity index (χ4n) is 3.23. The number of carbonyl (C=O) groups excluding carboxylic acids is 1. The van der Waals surface area contributed by atoms with Crippen LogP contribution in [0.15, 0.2) is 18.2 Å². The van der Waals surface area contributed by atoms with Crippen LogP contribution in [0.5, 0.6) is 0 Å². The lowest BCUT2D eigenvalue weighted by Gasteiger charge is -2.28. The van der Waals surface area contributed by atoms with Gasteiger partial charge in [-0.2, -0.15) is 0 Å². The Labute approximate surface area is 145 Å². The van der Waals surface area contributed by atoms with Gasteiger partial charge in [0.25, 0.3) is 0 Å². The molecule has 7 heteroatoms. The van der Waals surface area contributed by atoms with E-state index < -0.39 is 47.2 Å². The Bertz CT molecular complexity index is 672. The third-order valence-electron chi connectivity index (χ3n) is 4.45. The first-order chi connectivity index (χ1) is 11.5. The summed E-state index contributed by atoms with van der Waals surface area (Å²) < 4.78 is 32.5. The molecule has 2 rings (SSSR count). The Hall–Kier alpha value is -2.18. The highest BCUT2D eigenvalue weighted by molar-refractivity contribution is 5.73. The summed E-state index contributed by atoms with van der Waals surface area (Å²) in [4.78, 5) is 25.2. The average molecular weight is 355 g/mol. The molecule has 0 aromatic heterocycles. The van der Waals surface area contributed by atoms with Crippen LogP contribution in [-0.4, -0.2) is 40.8 Å². The van der Waals surface area contributed by atoms with Crippen molar-refractivity contribution < 1.29 is 28.2 Å². The standard InChI is InChI=1S/C18H23F2NO4/c1-18(2,3)25-17(24)21(4)11-8-13(14(9-11)16(22)23)12-6-5-10(19)7-15(12)20/h5-7,11,13-14H,8-9H2,1-4H3,(H,22,23)/t11-,13-,14+/m0/s1. The van der Waals surface area contributed by atoms with E-state index in [1.165, 1.54) is 11.0 Å². The van der Waals surface area contributed by atoms with Crippen molar-refractivity contribution in [2.24, 2.45) is 5.92 Å². The SMILES string of the molecule is CN(C(=O)OC(C)(C)C)[C@@H]1C[C@@H](C(=O)O)[C@H](c2ccc(F)cc2F)C1. The maximum absolute atomic E-state index is 14.1. The van der Waals surface area contributed by atoms with Gasteiger partial charge < -0.3 is 14.7 Å². The van der Waals surface area contributed by atoms with Gasteiger partial charge in [-0.1, -0.05) is 6.07 Å². The molecule has 1 fully saturated rings. The van der Waals surface area contributed by atoms with Crippen LogP contribution in [0.25, 0.3) is 0 Å². The van der Waals surface area contributed by atoms with Gasteiger partial charge in [0.1, 0.15) is 17.2 Å². The number of halogens is 2. The Morgan fingerprint density at radius 3 is 2.40 bits per heavy atom. The predicted octanol–water partition coefficient (Wildman–Crippen LogP) is 3.78. The molecule has 138 valence electrons. The quantitative estimate of drug-likeness (QED) is 0.896. The van der Waals surface area contributed by atoms with E-state index in [0.29, 0.717) is 0 Å². The minimum atomic E-state index is -1.06. The number of ether oxygens (including phenoxy) is 1. The molecule has 0 bridgehead atoms. The molecule has 1 aliphatic rings. The van der Waals surface area contributed by atoms with Crippen molar-refractivity contribution in [3.63, 3.8) is 0 Å². The molecule has 0 aliphatic heterocycles. The summed E-state index contributed by atoms with van der Waals surface area (Å²) in [5.74, 6) is -4.03. The van der Waals surface area contributed by atoms with Crippen LogP contribution >= 0.6 is 0 Å². The number of benzene rings is 1. The molecular formula is C18H23F2NO4. The first-order valence-electron chi connectivity index (χ1n) is 8.13. The van der Waals surface area contributed by atoms with Crippen molar-refractivity contribution in [2.45, 2.75) is 51.2 Å². The van der Waals surface area contributed by atoms with Crippen LogP contribution < -0.4 is 0 Å². The minimum Gasteiger partial charge on any atom is -0.481 e. The molecule has 1 aromatic rings. The lowest BCUT2D eigenvalue weighted by atomic mass is 9.88. The van der Waals surface area contributed by atoms with Crippen LogP contribution in [0.4, 0.5) is 13.6 Å². The molecule has 3 atom stereocenters. The molecule has 1 N–H and O–H groups in total. The van der Waals surface area contributed by atoms with Gasteiger partial charge in [0.15, 0.2) is 0 Å². The fourth-order valence-corrected chi connectivity index (χ4v) is 3.23. The van der Waals surface area contributed by atoms with Crippen LogP contribution in [0.3, 0.4) is 0 Å². The first-order valence-corrected chi connectivity index (χ1v) is 8.13. The van der Waals surface area contributed by atoms with E-state index in [9.17, 15) is 23.5 Å². The van der Waals surface area contributed by atoms with Crippen LogP contribution in [0.1, 0.15) is 45.1 Å². The number of hydrogen-bond donors (Lipinski definition) is 1. The summed E-state index contributed by atoms with van der Waals surface area (Å²) in [7, 11) is 1.54. The molecule has 0 saturated heterocycles. The van der Waals surface area contributed by atoms with Crippen LogP contribution in [0.2, 0.25) is 0 Å². The fraction of sp³-hybridized carbons (Fsp3) is 0.556. The molecule has 1 amide bonds. The summed E-state index contributed by atoms with van der Waals surface area (Å²) in [6.07, 6.45) is -0.0937. The lowest BCUT2D eigenvalue weighted by Crippen LogP contribution is -2.39. The van der Waals surface area contributed by atoms with Gasteiger partial charge in [-0.05, 0) is 45.2 Å². The molecular weight excluding hydrogens is 332 g/mol. The number of amides is 1. The molecule has 0 unspecified atom stereocenters. The topological polar surface area (TPSA) is 66.8 Å². The number of carboxylic acids is 1. The smallest absolute Gasteiger partial charge is 0.410 e. The normalized spacial score (nSPS) is 23.4. The van der Waals surface area contributed by atoms with Crippen LogP contribution in [0, 0.1) is 17.6 Å². The van der Waals surface area contributed by atoms with Crippen LogP contribution in [-0.2, 0) is 9.53 Å². The lowest BCUT2D eigenvalue weighted by molar-refractivity contribution is -0.142. The number of nitrogens with zero attached hydrogens (tertiary/aromatic N) is 1. The van der Waals surface area contributed by atoms with Gasteiger partial charge in [-0.3, -0.25) is 4.79 Å². The zero-order chi connectivity index (χ0) is 18.9. The maximum atomic E-state index is 14.1. The minimum absolute atomic E-state index is 0.161. The third-order valence-corrected chi connectivity index (χ3v) is 4.45. The maximum Gasteiger partial charge on any atom is 0.410 e. The third kappa shape index (κ3) is 4.46. The Morgan fingerprint density at radius 2 is 1.88 bits per heavy atom. The first kappa shape index (κ1) is 19.1. The van der Waals surface area contributed by atoms with Gasteiger partial charge in [0, 0.05) is 25.1 Å². The molecule has 25 heavy (non-hydrogen) atoms. The van der Waals surface area contributed by atoms with E-state index in [1.54, 1.807) is 27.8 Å². The Kier molecular flexibility index (Phi) is 5.34. The average Bonchev–Trinajstić information content (AvgIpc) is 2.89. The van der Waals surface area contributed by atoms with E-state index >= 15 is 0 Å². The number of rotatable bonds is 3. The zero-order valence-electron chi connectivity index (χ0n) is 14.8. The highest BCUT2D eigenvalue weighted by Gasteiger charge is 2.43. The monoisotopic (exact) mass is 355 g/mol. The zero-order valence-corrected chi connectivity index (χ0v) is 14.8. The van der Waals surface area contributed by atoms with Crippen molar-refractivity contribution in [3.8, 4) is 0 Å². The van der Waals surface area contributed by atoms with E-state index in [-0.39, 0.29) is 18.4 Å². The molecule has 0 spiro atoms. The van der Waals surface area contributed by atoms with Crippen molar-refractivity contribution >= 4 is 12.1 Å². The van der Waals surface area contributed by atoms with Gasteiger partial charge in [-0.25, -0.2) is 13.6 Å². The summed E-state index contributed by atoms with van der Waals surface area (Å²) in [5.41, 5.74) is -0.507. The summed E-state index contributed by atoms with van der Waals surface area (Å²) in [6.45, 7) is 5.22.